The zero-order valence-corrected chi connectivity index (χ0v) is 22.7. The van der Waals surface area contributed by atoms with E-state index in [1.165, 1.54) is 0 Å². The number of hydrogen-bond donors (Lipinski definition) is 0. The maximum atomic E-state index is 6.44. The van der Waals surface area contributed by atoms with Crippen molar-refractivity contribution in [2.75, 3.05) is 24.7 Å². The molecule has 0 bridgehead atoms. The van der Waals surface area contributed by atoms with E-state index in [0.717, 1.165) is 62.6 Å². The van der Waals surface area contributed by atoms with Crippen molar-refractivity contribution in [1.29, 1.82) is 0 Å². The van der Waals surface area contributed by atoms with E-state index in [1.54, 1.807) is 11.3 Å². The van der Waals surface area contributed by atoms with E-state index in [1.807, 2.05) is 32.0 Å². The fourth-order valence-corrected chi connectivity index (χ4v) is 5.26. The summed E-state index contributed by atoms with van der Waals surface area (Å²) in [4.78, 5) is 2.27. The molecule has 4 rings (SSSR count). The van der Waals surface area contributed by atoms with E-state index >= 15 is 0 Å². The van der Waals surface area contributed by atoms with Crippen molar-refractivity contribution in [3.05, 3.63) is 58.1 Å². The van der Waals surface area contributed by atoms with Crippen LogP contribution in [0.2, 0.25) is 5.02 Å². The molecule has 0 aliphatic carbocycles. The highest BCUT2D eigenvalue weighted by molar-refractivity contribution is 7.18. The van der Waals surface area contributed by atoms with Crippen molar-refractivity contribution in [1.82, 2.24) is 10.2 Å². The van der Waals surface area contributed by atoms with E-state index in [4.69, 9.17) is 25.8 Å². The third kappa shape index (κ3) is 6.53. The summed E-state index contributed by atoms with van der Waals surface area (Å²) in [6.45, 7) is 12.8. The number of benzene rings is 2. The molecule has 2 heterocycles. The van der Waals surface area contributed by atoms with Gasteiger partial charge in [0.1, 0.15) is 23.5 Å². The third-order valence-corrected chi connectivity index (χ3v) is 7.38. The molecule has 3 aromatic rings. The molecule has 1 aliphatic rings. The van der Waals surface area contributed by atoms with Gasteiger partial charge in [-0.05, 0) is 69.0 Å². The number of rotatable bonds is 10. The third-order valence-electron chi connectivity index (χ3n) is 5.97. The minimum absolute atomic E-state index is 0.0681. The smallest absolute Gasteiger partial charge is 0.208 e. The van der Waals surface area contributed by atoms with Gasteiger partial charge in [-0.1, -0.05) is 54.5 Å². The second-order valence-corrected chi connectivity index (χ2v) is 10.8. The molecule has 1 fully saturated rings. The Morgan fingerprint density at radius 1 is 1.17 bits per heavy atom. The minimum atomic E-state index is -0.547. The van der Waals surface area contributed by atoms with Gasteiger partial charge in [-0.15, -0.1) is 10.2 Å². The summed E-state index contributed by atoms with van der Waals surface area (Å²) in [5, 5.41) is 11.7. The highest BCUT2D eigenvalue weighted by Gasteiger charge is 2.33. The first-order valence-corrected chi connectivity index (χ1v) is 13.3. The molecule has 0 amide bonds. The van der Waals surface area contributed by atoms with Gasteiger partial charge in [0, 0.05) is 23.7 Å². The number of ether oxygens (including phenoxy) is 3. The van der Waals surface area contributed by atoms with Crippen LogP contribution in [0.4, 0.5) is 5.13 Å². The van der Waals surface area contributed by atoms with Crippen LogP contribution in [0, 0.1) is 13.8 Å². The van der Waals surface area contributed by atoms with Crippen molar-refractivity contribution < 1.29 is 14.2 Å². The summed E-state index contributed by atoms with van der Waals surface area (Å²) in [6.07, 6.45) is 2.12. The average molecular weight is 516 g/mol. The Kier molecular flexibility index (Phi) is 8.32. The SMILES string of the molecule is CCCCN(Cc1ccccc1Cl)c1nnc(-c2cc(C)c(OC[C@H]3COC(C)(C)O3)c(C)c2)s1. The van der Waals surface area contributed by atoms with Crippen LogP contribution < -0.4 is 9.64 Å². The molecule has 0 radical (unpaired) electrons. The van der Waals surface area contributed by atoms with E-state index in [9.17, 15) is 0 Å². The highest BCUT2D eigenvalue weighted by atomic mass is 35.5. The minimum Gasteiger partial charge on any atom is -0.490 e. The summed E-state index contributed by atoms with van der Waals surface area (Å²) >= 11 is 8.05. The molecule has 8 heteroatoms. The van der Waals surface area contributed by atoms with Gasteiger partial charge in [-0.2, -0.15) is 0 Å². The highest BCUT2D eigenvalue weighted by Crippen LogP contribution is 2.35. The number of anilines is 1. The Bertz CT molecular complexity index is 1130. The molecular formula is C27H34ClN3O3S. The van der Waals surface area contributed by atoms with Crippen molar-refractivity contribution in [2.24, 2.45) is 0 Å². The Morgan fingerprint density at radius 3 is 2.57 bits per heavy atom. The zero-order valence-electron chi connectivity index (χ0n) is 21.1. The average Bonchev–Trinajstić information content (AvgIpc) is 3.43. The maximum absolute atomic E-state index is 6.44. The Hall–Kier alpha value is -2.19. The fourth-order valence-electron chi connectivity index (χ4n) is 4.21. The molecule has 0 spiro atoms. The van der Waals surface area contributed by atoms with Gasteiger partial charge in [0.15, 0.2) is 5.79 Å². The molecule has 6 nitrogen and oxygen atoms in total. The number of nitrogens with zero attached hydrogens (tertiary/aromatic N) is 3. The largest absolute Gasteiger partial charge is 0.490 e. The van der Waals surface area contributed by atoms with Crippen molar-refractivity contribution in [3.63, 3.8) is 0 Å². The van der Waals surface area contributed by atoms with Gasteiger partial charge in [0.25, 0.3) is 0 Å². The molecular weight excluding hydrogens is 482 g/mol. The lowest BCUT2D eigenvalue weighted by Gasteiger charge is -2.21. The van der Waals surface area contributed by atoms with E-state index < -0.39 is 5.79 Å². The molecule has 1 atom stereocenters. The predicted molar refractivity (Wildman–Crippen MR) is 143 cm³/mol. The van der Waals surface area contributed by atoms with Crippen molar-refractivity contribution in [3.8, 4) is 16.3 Å². The maximum Gasteiger partial charge on any atom is 0.208 e. The van der Waals surface area contributed by atoms with E-state index in [0.29, 0.717) is 19.8 Å². The van der Waals surface area contributed by atoms with Crippen LogP contribution in [0.25, 0.3) is 10.6 Å². The van der Waals surface area contributed by atoms with Gasteiger partial charge in [0.05, 0.1) is 6.61 Å². The zero-order chi connectivity index (χ0) is 25.0. The molecule has 0 N–H and O–H groups in total. The Labute approximate surface area is 217 Å². The lowest BCUT2D eigenvalue weighted by atomic mass is 10.1. The van der Waals surface area contributed by atoms with Gasteiger partial charge >= 0.3 is 0 Å². The number of aryl methyl sites for hydroxylation is 2. The first-order chi connectivity index (χ1) is 16.8. The summed E-state index contributed by atoms with van der Waals surface area (Å²) in [7, 11) is 0. The Morgan fingerprint density at radius 2 is 1.91 bits per heavy atom. The monoisotopic (exact) mass is 515 g/mol. The Balaban J connectivity index is 1.49. The van der Waals surface area contributed by atoms with Crippen LogP contribution in [0.5, 0.6) is 5.75 Å². The quantitative estimate of drug-likeness (QED) is 0.295. The molecule has 1 saturated heterocycles. The summed E-state index contributed by atoms with van der Waals surface area (Å²) in [5.41, 5.74) is 4.27. The lowest BCUT2D eigenvalue weighted by Crippen LogP contribution is -2.25. The molecule has 2 aromatic carbocycles. The summed E-state index contributed by atoms with van der Waals surface area (Å²) < 4.78 is 17.7. The standard InChI is InChI=1S/C27H34ClN3O3S/c1-6-7-12-31(15-20-10-8-9-11-23(20)28)26-30-29-25(35-26)21-13-18(2)24(19(3)14-21)32-16-22-17-33-27(4,5)34-22/h8-11,13-14,22H,6-7,12,15-17H2,1-5H3/t22-/m0/s1. The van der Waals surface area contributed by atoms with Gasteiger partial charge in [0.2, 0.25) is 5.13 Å². The van der Waals surface area contributed by atoms with E-state index in [2.05, 4.69) is 54.1 Å². The predicted octanol–water partition coefficient (Wildman–Crippen LogP) is 6.81. The second-order valence-electron chi connectivity index (χ2n) is 9.46. The van der Waals surface area contributed by atoms with Gasteiger partial charge in [-0.3, -0.25) is 0 Å². The number of aromatic nitrogens is 2. The molecule has 1 aliphatic heterocycles. The number of hydrogen-bond acceptors (Lipinski definition) is 7. The van der Waals surface area contributed by atoms with Crippen LogP contribution in [0.3, 0.4) is 0 Å². The van der Waals surface area contributed by atoms with Gasteiger partial charge in [-0.25, -0.2) is 0 Å². The topological polar surface area (TPSA) is 56.7 Å². The van der Waals surface area contributed by atoms with Crippen LogP contribution >= 0.6 is 22.9 Å². The lowest BCUT2D eigenvalue weighted by molar-refractivity contribution is -0.141. The van der Waals surface area contributed by atoms with Crippen molar-refractivity contribution in [2.45, 2.75) is 65.9 Å². The van der Waals surface area contributed by atoms with Crippen LogP contribution in [-0.4, -0.2) is 41.8 Å². The molecule has 188 valence electrons. The fraction of sp³-hybridized carbons (Fsp3) is 0.481. The molecule has 35 heavy (non-hydrogen) atoms. The number of halogens is 1. The second kappa shape index (κ2) is 11.2. The summed E-state index contributed by atoms with van der Waals surface area (Å²) in [5.74, 6) is 0.337. The van der Waals surface area contributed by atoms with Crippen LogP contribution in [0.1, 0.15) is 50.3 Å². The molecule has 1 aromatic heterocycles. The van der Waals surface area contributed by atoms with Crippen molar-refractivity contribution >= 4 is 28.1 Å². The van der Waals surface area contributed by atoms with Crippen LogP contribution in [-0.2, 0) is 16.0 Å². The van der Waals surface area contributed by atoms with Crippen LogP contribution in [0.15, 0.2) is 36.4 Å². The number of unbranched alkanes of at least 4 members (excludes halogenated alkanes) is 1. The first kappa shape index (κ1) is 25.9. The summed E-state index contributed by atoms with van der Waals surface area (Å²) in [6, 6.07) is 12.2. The first-order valence-electron chi connectivity index (χ1n) is 12.1. The molecule has 0 saturated carbocycles. The molecule has 0 unspecified atom stereocenters. The van der Waals surface area contributed by atoms with E-state index in [-0.39, 0.29) is 6.10 Å². The van der Waals surface area contributed by atoms with Gasteiger partial charge < -0.3 is 19.1 Å². The normalized spacial score (nSPS) is 17.0.